The van der Waals surface area contributed by atoms with Gasteiger partial charge in [0.2, 0.25) is 11.4 Å². The topological polar surface area (TPSA) is 140 Å². The fraction of sp³-hybridized carbons (Fsp3) is 0.438. The van der Waals surface area contributed by atoms with Crippen LogP contribution in [0.15, 0.2) is 35.5 Å². The van der Waals surface area contributed by atoms with E-state index in [1.807, 2.05) is 0 Å². The van der Waals surface area contributed by atoms with Crippen LogP contribution in [0, 0.1) is 0 Å². The minimum atomic E-state index is -2.01. The number of carboxylic acids is 1. The van der Waals surface area contributed by atoms with Crippen LogP contribution in [0.25, 0.3) is 0 Å². The Kier molecular flexibility index (Phi) is 6.87. The van der Waals surface area contributed by atoms with Gasteiger partial charge in [0.05, 0.1) is 12.3 Å². The smallest absolute Gasteiger partial charge is 0.338 e. The predicted molar refractivity (Wildman–Crippen MR) is 86.6 cm³/mol. The van der Waals surface area contributed by atoms with E-state index in [1.165, 1.54) is 25.3 Å². The highest BCUT2D eigenvalue weighted by atomic mass is 16.4. The first-order chi connectivity index (χ1) is 11.3. The van der Waals surface area contributed by atoms with Crippen molar-refractivity contribution in [1.82, 2.24) is 4.90 Å². The van der Waals surface area contributed by atoms with Crippen LogP contribution in [0.2, 0.25) is 0 Å². The minimum Gasteiger partial charge on any atom is -0.479 e. The van der Waals surface area contributed by atoms with E-state index < -0.39 is 29.4 Å². The zero-order chi connectivity index (χ0) is 18.3. The van der Waals surface area contributed by atoms with Gasteiger partial charge in [0.25, 0.3) is 5.91 Å². The number of unbranched alkanes of at least 4 members (excludes halogenated alkanes) is 1. The van der Waals surface area contributed by atoms with E-state index in [2.05, 4.69) is 6.58 Å². The van der Waals surface area contributed by atoms with Gasteiger partial charge in [-0.25, -0.2) is 4.79 Å². The number of imide groups is 1. The molecule has 0 bridgehead atoms. The van der Waals surface area contributed by atoms with Crippen molar-refractivity contribution in [2.45, 2.75) is 37.8 Å². The number of nitrogens with zero attached hydrogens (tertiary/aromatic N) is 1. The van der Waals surface area contributed by atoms with Crippen LogP contribution in [0.3, 0.4) is 0 Å². The number of rotatable bonds is 9. The lowest BCUT2D eigenvalue weighted by Crippen LogP contribution is -2.60. The Labute approximate surface area is 140 Å². The summed E-state index contributed by atoms with van der Waals surface area (Å²) in [6.07, 6.45) is 3.01. The van der Waals surface area contributed by atoms with Crippen molar-refractivity contribution in [2.75, 3.05) is 6.54 Å². The van der Waals surface area contributed by atoms with Crippen molar-refractivity contribution in [3.05, 3.63) is 36.8 Å². The van der Waals surface area contributed by atoms with Crippen molar-refractivity contribution < 1.29 is 23.9 Å². The second-order valence-electron chi connectivity index (χ2n) is 5.39. The molecule has 1 aromatic rings. The molecule has 0 aliphatic rings. The number of amides is 2. The molecule has 5 N–H and O–H groups in total. The third-order valence-corrected chi connectivity index (χ3v) is 3.66. The molecule has 0 spiro atoms. The zero-order valence-electron chi connectivity index (χ0n) is 13.6. The average Bonchev–Trinajstić information content (AvgIpc) is 3.07. The Morgan fingerprint density at radius 3 is 2.54 bits per heavy atom. The first-order valence-electron chi connectivity index (χ1n) is 7.56. The second kappa shape index (κ2) is 8.42. The summed E-state index contributed by atoms with van der Waals surface area (Å²) in [5.41, 5.74) is 9.08. The maximum atomic E-state index is 12.5. The van der Waals surface area contributed by atoms with Crippen LogP contribution < -0.4 is 11.5 Å². The maximum absolute atomic E-state index is 12.5. The molecule has 8 nitrogen and oxygen atoms in total. The van der Waals surface area contributed by atoms with Gasteiger partial charge in [-0.05, 0) is 50.9 Å². The van der Waals surface area contributed by atoms with Crippen LogP contribution in [0.1, 0.15) is 31.9 Å². The SMILES string of the molecule is C=CC(=O)N(C(=O)C(C)N)C(CCCCN)(C(=O)O)c1ccco1. The van der Waals surface area contributed by atoms with Crippen LogP contribution >= 0.6 is 0 Å². The van der Waals surface area contributed by atoms with Gasteiger partial charge in [0, 0.05) is 0 Å². The highest BCUT2D eigenvalue weighted by Crippen LogP contribution is 2.36. The largest absolute Gasteiger partial charge is 0.479 e. The van der Waals surface area contributed by atoms with Gasteiger partial charge in [-0.1, -0.05) is 6.58 Å². The normalized spacial score (nSPS) is 14.5. The lowest BCUT2D eigenvalue weighted by Gasteiger charge is -2.38. The van der Waals surface area contributed by atoms with Crippen LogP contribution in [-0.4, -0.2) is 40.4 Å². The molecule has 0 fully saturated rings. The number of hydrogen-bond donors (Lipinski definition) is 3. The molecule has 0 aliphatic carbocycles. The lowest BCUT2D eigenvalue weighted by atomic mass is 9.86. The first kappa shape index (κ1) is 19.6. The average molecular weight is 337 g/mol. The number of aliphatic carboxylic acids is 1. The summed E-state index contributed by atoms with van der Waals surface area (Å²) in [7, 11) is 0. The van der Waals surface area contributed by atoms with Crippen molar-refractivity contribution in [2.24, 2.45) is 11.5 Å². The van der Waals surface area contributed by atoms with E-state index in [1.54, 1.807) is 0 Å². The third-order valence-electron chi connectivity index (χ3n) is 3.66. The Morgan fingerprint density at radius 1 is 1.46 bits per heavy atom. The van der Waals surface area contributed by atoms with Gasteiger partial charge in [-0.15, -0.1) is 0 Å². The summed E-state index contributed by atoms with van der Waals surface area (Å²) in [5, 5.41) is 9.93. The molecule has 1 heterocycles. The molecule has 2 amide bonds. The molecule has 0 radical (unpaired) electrons. The third kappa shape index (κ3) is 3.72. The monoisotopic (exact) mass is 337 g/mol. The zero-order valence-corrected chi connectivity index (χ0v) is 13.6. The highest BCUT2D eigenvalue weighted by Gasteiger charge is 2.53. The summed E-state index contributed by atoms with van der Waals surface area (Å²) < 4.78 is 5.26. The quantitative estimate of drug-likeness (QED) is 0.442. The predicted octanol–water partition coefficient (Wildman–Crippen LogP) is 0.577. The highest BCUT2D eigenvalue weighted by molar-refractivity contribution is 6.06. The van der Waals surface area contributed by atoms with E-state index in [-0.39, 0.29) is 12.2 Å². The number of carboxylic acid groups (broad SMARTS) is 1. The second-order valence-corrected chi connectivity index (χ2v) is 5.39. The summed E-state index contributed by atoms with van der Waals surface area (Å²) in [5.74, 6) is -3.11. The number of carbonyl (C=O) groups excluding carboxylic acids is 2. The summed E-state index contributed by atoms with van der Waals surface area (Å²) in [4.78, 5) is 37.7. The molecule has 8 heteroatoms. The van der Waals surface area contributed by atoms with E-state index in [0.29, 0.717) is 24.3 Å². The van der Waals surface area contributed by atoms with Crippen LogP contribution in [0.4, 0.5) is 0 Å². The number of furan rings is 1. The van der Waals surface area contributed by atoms with Gasteiger partial charge in [0.1, 0.15) is 5.76 Å². The van der Waals surface area contributed by atoms with Gasteiger partial charge in [-0.3, -0.25) is 14.5 Å². The number of hydrogen-bond acceptors (Lipinski definition) is 6. The van der Waals surface area contributed by atoms with Crippen molar-refractivity contribution in [1.29, 1.82) is 0 Å². The molecule has 1 aromatic heterocycles. The minimum absolute atomic E-state index is 0.0313. The maximum Gasteiger partial charge on any atom is 0.338 e. The first-order valence-corrected chi connectivity index (χ1v) is 7.56. The van der Waals surface area contributed by atoms with Crippen molar-refractivity contribution in [3.63, 3.8) is 0 Å². The molecule has 132 valence electrons. The summed E-state index contributed by atoms with van der Waals surface area (Å²) in [6.45, 7) is 5.07. The number of carbonyl (C=O) groups is 3. The molecule has 0 aromatic carbocycles. The van der Waals surface area contributed by atoms with Gasteiger partial charge < -0.3 is 21.0 Å². The van der Waals surface area contributed by atoms with E-state index in [0.717, 1.165) is 6.08 Å². The molecular formula is C16H23N3O5. The molecule has 0 saturated heterocycles. The summed E-state index contributed by atoms with van der Waals surface area (Å²) >= 11 is 0. The van der Waals surface area contributed by atoms with E-state index in [9.17, 15) is 19.5 Å². The van der Waals surface area contributed by atoms with E-state index >= 15 is 0 Å². The molecule has 2 unspecified atom stereocenters. The molecule has 0 aliphatic heterocycles. The summed E-state index contributed by atoms with van der Waals surface area (Å²) in [6, 6.07) is 1.83. The Balaban J connectivity index is 3.55. The molecule has 2 atom stereocenters. The fourth-order valence-corrected chi connectivity index (χ4v) is 2.47. The van der Waals surface area contributed by atoms with Crippen molar-refractivity contribution in [3.8, 4) is 0 Å². The number of nitrogens with two attached hydrogens (primary N) is 2. The Hall–Kier alpha value is -2.45. The van der Waals surface area contributed by atoms with Gasteiger partial charge >= 0.3 is 5.97 Å². The molecular weight excluding hydrogens is 314 g/mol. The molecule has 0 saturated carbocycles. The van der Waals surface area contributed by atoms with Crippen LogP contribution in [-0.2, 0) is 19.9 Å². The Morgan fingerprint density at radius 2 is 2.12 bits per heavy atom. The van der Waals surface area contributed by atoms with E-state index in [4.69, 9.17) is 15.9 Å². The molecule has 1 rings (SSSR count). The standard InChI is InChI=1S/C16H23N3O5/c1-3-13(20)19(14(21)11(2)18)16(15(22)23,8-4-5-9-17)12-7-6-10-24-12/h3,6-7,10-11H,1,4-5,8-9,17-18H2,2H3,(H,22,23). The van der Waals surface area contributed by atoms with Crippen molar-refractivity contribution >= 4 is 17.8 Å². The van der Waals surface area contributed by atoms with Crippen LogP contribution in [0.5, 0.6) is 0 Å². The lowest BCUT2D eigenvalue weighted by molar-refractivity contribution is -0.168. The van der Waals surface area contributed by atoms with Gasteiger partial charge in [0.15, 0.2) is 0 Å². The fourth-order valence-electron chi connectivity index (χ4n) is 2.47. The Bertz CT molecular complexity index is 597. The van der Waals surface area contributed by atoms with Gasteiger partial charge in [-0.2, -0.15) is 0 Å². The molecule has 24 heavy (non-hydrogen) atoms.